The Morgan fingerprint density at radius 1 is 1.33 bits per heavy atom. The summed E-state index contributed by atoms with van der Waals surface area (Å²) in [4.78, 5) is 14.3. The highest BCUT2D eigenvalue weighted by atomic mass is 16.3. The number of nitrogens with zero attached hydrogens (tertiary/aromatic N) is 1. The molecule has 3 unspecified atom stereocenters. The zero-order valence-corrected chi connectivity index (χ0v) is 11.8. The van der Waals surface area contributed by atoms with Gasteiger partial charge in [0.2, 0.25) is 5.91 Å². The van der Waals surface area contributed by atoms with Gasteiger partial charge in [-0.1, -0.05) is 6.42 Å². The number of aliphatic hydroxyl groups is 1. The first-order valence-electron chi connectivity index (χ1n) is 7.52. The van der Waals surface area contributed by atoms with Crippen molar-refractivity contribution in [2.75, 3.05) is 13.2 Å². The van der Waals surface area contributed by atoms with Crippen molar-refractivity contribution in [1.82, 2.24) is 4.90 Å². The summed E-state index contributed by atoms with van der Waals surface area (Å²) in [6, 6.07) is 0.252. The maximum absolute atomic E-state index is 12.4. The van der Waals surface area contributed by atoms with Gasteiger partial charge in [-0.3, -0.25) is 4.79 Å². The van der Waals surface area contributed by atoms with Crippen LogP contribution in [0.15, 0.2) is 0 Å². The van der Waals surface area contributed by atoms with E-state index in [1.165, 1.54) is 25.7 Å². The molecule has 1 amide bonds. The van der Waals surface area contributed by atoms with Crippen LogP contribution >= 0.6 is 0 Å². The molecule has 3 atom stereocenters. The molecule has 18 heavy (non-hydrogen) atoms. The number of hydrogen-bond acceptors (Lipinski definition) is 2. The molecular weight excluding hydrogens is 226 g/mol. The number of carbonyl (C=O) groups is 1. The van der Waals surface area contributed by atoms with Crippen molar-refractivity contribution >= 4 is 5.91 Å². The molecule has 0 aliphatic heterocycles. The topological polar surface area (TPSA) is 40.5 Å². The van der Waals surface area contributed by atoms with E-state index in [9.17, 15) is 4.79 Å². The lowest BCUT2D eigenvalue weighted by Gasteiger charge is -2.29. The molecule has 0 spiro atoms. The molecule has 0 saturated heterocycles. The van der Waals surface area contributed by atoms with Crippen LogP contribution in [0.1, 0.15) is 52.4 Å². The van der Waals surface area contributed by atoms with Gasteiger partial charge < -0.3 is 10.0 Å². The van der Waals surface area contributed by atoms with Gasteiger partial charge in [-0.15, -0.1) is 0 Å². The number of carbonyl (C=O) groups excluding carboxylic acids is 1. The summed E-state index contributed by atoms with van der Waals surface area (Å²) < 4.78 is 0. The first-order valence-corrected chi connectivity index (χ1v) is 7.52. The standard InChI is InChI=1S/C15H27NO2/c1-11(2)16(6-3-7-17)15(18)10-14-9-12-4-5-13(14)8-12/h11-14,17H,3-10H2,1-2H3. The van der Waals surface area contributed by atoms with E-state index in [2.05, 4.69) is 13.8 Å². The Labute approximate surface area is 111 Å². The van der Waals surface area contributed by atoms with Gasteiger partial charge in [-0.2, -0.15) is 0 Å². The average Bonchev–Trinajstić information content (AvgIpc) is 2.91. The third-order valence-electron chi connectivity index (χ3n) is 4.82. The van der Waals surface area contributed by atoms with Crippen LogP contribution in [0.25, 0.3) is 0 Å². The summed E-state index contributed by atoms with van der Waals surface area (Å²) in [5.41, 5.74) is 0. The molecule has 3 heteroatoms. The molecule has 0 aromatic heterocycles. The molecule has 0 radical (unpaired) electrons. The number of fused-ring (bicyclic) bond motifs is 2. The normalized spacial score (nSPS) is 30.1. The lowest BCUT2D eigenvalue weighted by atomic mass is 9.86. The van der Waals surface area contributed by atoms with Crippen LogP contribution in [-0.4, -0.2) is 35.1 Å². The number of hydrogen-bond donors (Lipinski definition) is 1. The van der Waals surface area contributed by atoms with Gasteiger partial charge >= 0.3 is 0 Å². The van der Waals surface area contributed by atoms with Crippen LogP contribution in [0.5, 0.6) is 0 Å². The second-order valence-corrected chi connectivity index (χ2v) is 6.40. The molecule has 2 aliphatic carbocycles. The lowest BCUT2D eigenvalue weighted by molar-refractivity contribution is -0.134. The lowest BCUT2D eigenvalue weighted by Crippen LogP contribution is -2.39. The highest BCUT2D eigenvalue weighted by Gasteiger charge is 2.40. The van der Waals surface area contributed by atoms with Crippen molar-refractivity contribution in [3.63, 3.8) is 0 Å². The van der Waals surface area contributed by atoms with Crippen molar-refractivity contribution < 1.29 is 9.90 Å². The van der Waals surface area contributed by atoms with Crippen LogP contribution in [0.2, 0.25) is 0 Å². The highest BCUT2D eigenvalue weighted by molar-refractivity contribution is 5.76. The Hall–Kier alpha value is -0.570. The van der Waals surface area contributed by atoms with E-state index in [1.807, 2.05) is 4.90 Å². The molecule has 2 rings (SSSR count). The number of rotatable bonds is 6. The van der Waals surface area contributed by atoms with Crippen LogP contribution < -0.4 is 0 Å². The fraction of sp³-hybridized carbons (Fsp3) is 0.933. The van der Waals surface area contributed by atoms with Gasteiger partial charge in [0.1, 0.15) is 0 Å². The molecule has 2 aliphatic rings. The van der Waals surface area contributed by atoms with E-state index >= 15 is 0 Å². The van der Waals surface area contributed by atoms with Gasteiger partial charge in [-0.25, -0.2) is 0 Å². The number of aliphatic hydroxyl groups excluding tert-OH is 1. The Morgan fingerprint density at radius 2 is 2.11 bits per heavy atom. The third-order valence-corrected chi connectivity index (χ3v) is 4.82. The van der Waals surface area contributed by atoms with Crippen molar-refractivity contribution in [2.24, 2.45) is 17.8 Å². The molecule has 0 aromatic rings. The summed E-state index contributed by atoms with van der Waals surface area (Å²) in [6.07, 6.45) is 6.83. The first-order chi connectivity index (χ1) is 8.61. The maximum atomic E-state index is 12.4. The van der Waals surface area contributed by atoms with Crippen molar-refractivity contribution in [1.29, 1.82) is 0 Å². The number of amides is 1. The van der Waals surface area contributed by atoms with Crippen molar-refractivity contribution in [2.45, 2.75) is 58.4 Å². The summed E-state index contributed by atoms with van der Waals surface area (Å²) in [7, 11) is 0. The van der Waals surface area contributed by atoms with E-state index in [-0.39, 0.29) is 12.6 Å². The molecule has 0 aromatic carbocycles. The van der Waals surface area contributed by atoms with E-state index in [0.29, 0.717) is 24.8 Å². The summed E-state index contributed by atoms with van der Waals surface area (Å²) in [6.45, 7) is 5.00. The molecule has 2 saturated carbocycles. The Kier molecular flexibility index (Phi) is 4.66. The molecular formula is C15H27NO2. The highest BCUT2D eigenvalue weighted by Crippen LogP contribution is 2.49. The van der Waals surface area contributed by atoms with E-state index in [1.54, 1.807) is 0 Å². The fourth-order valence-electron chi connectivity index (χ4n) is 3.88. The largest absolute Gasteiger partial charge is 0.396 e. The maximum Gasteiger partial charge on any atom is 0.223 e. The van der Waals surface area contributed by atoms with Crippen molar-refractivity contribution in [3.8, 4) is 0 Å². The molecule has 0 heterocycles. The molecule has 2 bridgehead atoms. The summed E-state index contributed by atoms with van der Waals surface area (Å²) in [5, 5.41) is 8.91. The van der Waals surface area contributed by atoms with E-state index < -0.39 is 0 Å². The second-order valence-electron chi connectivity index (χ2n) is 6.40. The van der Waals surface area contributed by atoms with Crippen LogP contribution in [0, 0.1) is 17.8 Å². The van der Waals surface area contributed by atoms with Gasteiger partial charge in [0.05, 0.1) is 0 Å². The summed E-state index contributed by atoms with van der Waals surface area (Å²) >= 11 is 0. The minimum absolute atomic E-state index is 0.171. The first kappa shape index (κ1) is 13.9. The Bertz CT molecular complexity index is 290. The molecule has 3 nitrogen and oxygen atoms in total. The van der Waals surface area contributed by atoms with Crippen LogP contribution in [-0.2, 0) is 4.79 Å². The minimum Gasteiger partial charge on any atom is -0.396 e. The smallest absolute Gasteiger partial charge is 0.223 e. The van der Waals surface area contributed by atoms with E-state index in [4.69, 9.17) is 5.11 Å². The van der Waals surface area contributed by atoms with Gasteiger partial charge in [0, 0.05) is 25.6 Å². The van der Waals surface area contributed by atoms with Gasteiger partial charge in [0.25, 0.3) is 0 Å². The Morgan fingerprint density at radius 3 is 2.61 bits per heavy atom. The monoisotopic (exact) mass is 253 g/mol. The van der Waals surface area contributed by atoms with Gasteiger partial charge in [0.15, 0.2) is 0 Å². The zero-order chi connectivity index (χ0) is 13.1. The Balaban J connectivity index is 1.85. The average molecular weight is 253 g/mol. The SMILES string of the molecule is CC(C)N(CCCO)C(=O)CC1CC2CCC1C2. The second kappa shape index (κ2) is 6.05. The van der Waals surface area contributed by atoms with Gasteiger partial charge in [-0.05, 0) is 57.3 Å². The van der Waals surface area contributed by atoms with E-state index in [0.717, 1.165) is 18.3 Å². The molecule has 104 valence electrons. The predicted molar refractivity (Wildman–Crippen MR) is 72.1 cm³/mol. The molecule has 1 N–H and O–H groups in total. The zero-order valence-electron chi connectivity index (χ0n) is 11.8. The van der Waals surface area contributed by atoms with Crippen molar-refractivity contribution in [3.05, 3.63) is 0 Å². The predicted octanol–water partition coefficient (Wildman–Crippen LogP) is 2.43. The third kappa shape index (κ3) is 3.05. The summed E-state index contributed by atoms with van der Waals surface area (Å²) in [5.74, 6) is 2.69. The minimum atomic E-state index is 0.171. The molecule has 2 fully saturated rings. The fourth-order valence-corrected chi connectivity index (χ4v) is 3.88. The van der Waals surface area contributed by atoms with Crippen LogP contribution in [0.3, 0.4) is 0 Å². The quantitative estimate of drug-likeness (QED) is 0.790. The van der Waals surface area contributed by atoms with Crippen LogP contribution in [0.4, 0.5) is 0 Å².